The maximum absolute atomic E-state index is 13.1. The molecule has 2 saturated carbocycles. The fraction of sp³-hybridized carbons (Fsp3) is 0.765. The summed E-state index contributed by atoms with van der Waals surface area (Å²) in [5, 5.41) is 0. The van der Waals surface area contributed by atoms with E-state index in [-0.39, 0.29) is 17.7 Å². The number of anilines is 1. The van der Waals surface area contributed by atoms with E-state index in [0.717, 1.165) is 44.8 Å². The summed E-state index contributed by atoms with van der Waals surface area (Å²) in [6, 6.07) is 0.205. The van der Waals surface area contributed by atoms with Crippen LogP contribution in [0.2, 0.25) is 0 Å². The first-order valence-corrected chi connectivity index (χ1v) is 8.61. The Balaban J connectivity index is 1.50. The van der Waals surface area contributed by atoms with Gasteiger partial charge in [0.05, 0.1) is 30.1 Å². The number of aromatic nitrogens is 2. The normalized spacial score (nSPS) is 33.7. The van der Waals surface area contributed by atoms with Crippen molar-refractivity contribution in [1.82, 2.24) is 9.97 Å². The van der Waals surface area contributed by atoms with Gasteiger partial charge in [0.25, 0.3) is 0 Å². The zero-order valence-electron chi connectivity index (χ0n) is 13.6. The molecule has 126 valence electrons. The molecule has 23 heavy (non-hydrogen) atoms. The van der Waals surface area contributed by atoms with Crippen LogP contribution >= 0.6 is 0 Å². The minimum Gasteiger partial charge on any atom is -0.378 e. The molecule has 1 aliphatic heterocycles. The second-order valence-electron chi connectivity index (χ2n) is 7.10. The predicted octanol–water partition coefficient (Wildman–Crippen LogP) is 2.56. The van der Waals surface area contributed by atoms with Crippen molar-refractivity contribution in [3.05, 3.63) is 18.2 Å². The summed E-state index contributed by atoms with van der Waals surface area (Å²) in [7, 11) is 1.80. The van der Waals surface area contributed by atoms with Gasteiger partial charge in [-0.2, -0.15) is 0 Å². The molecule has 0 amide bonds. The van der Waals surface area contributed by atoms with Crippen LogP contribution in [0.5, 0.6) is 0 Å². The number of methoxy groups -OCH3 is 1. The number of rotatable bonds is 5. The molecule has 3 atom stereocenters. The molecule has 5 nitrogen and oxygen atoms in total. The Morgan fingerprint density at radius 1 is 1.26 bits per heavy atom. The van der Waals surface area contributed by atoms with Crippen LogP contribution in [0.15, 0.2) is 12.4 Å². The Labute approximate surface area is 136 Å². The summed E-state index contributed by atoms with van der Waals surface area (Å²) in [4.78, 5) is 10.5. The van der Waals surface area contributed by atoms with Gasteiger partial charge in [-0.05, 0) is 44.4 Å². The fourth-order valence-corrected chi connectivity index (χ4v) is 4.06. The van der Waals surface area contributed by atoms with E-state index in [2.05, 4.69) is 14.9 Å². The van der Waals surface area contributed by atoms with Crippen molar-refractivity contribution >= 4 is 5.95 Å². The second-order valence-corrected chi connectivity index (χ2v) is 7.10. The molecule has 6 heteroatoms. The Morgan fingerprint density at radius 2 is 2.04 bits per heavy atom. The number of fused-ring (bicyclic) bond motifs is 1. The molecule has 4 rings (SSSR count). The number of nitrogens with zero attached hydrogens (tertiary/aromatic N) is 3. The summed E-state index contributed by atoms with van der Waals surface area (Å²) < 4.78 is 25.2. The van der Waals surface area contributed by atoms with E-state index < -0.39 is 5.82 Å². The average Bonchev–Trinajstić information content (AvgIpc) is 3.33. The van der Waals surface area contributed by atoms with Crippen LogP contribution < -0.4 is 4.90 Å². The molecule has 0 radical (unpaired) electrons. The highest BCUT2D eigenvalue weighted by molar-refractivity contribution is 5.37. The first kappa shape index (κ1) is 15.3. The summed E-state index contributed by atoms with van der Waals surface area (Å²) >= 11 is 0. The lowest BCUT2D eigenvalue weighted by atomic mass is 9.79. The highest BCUT2D eigenvalue weighted by Gasteiger charge is 2.52. The summed E-state index contributed by atoms with van der Waals surface area (Å²) in [5.74, 6) is 0.975. The molecule has 1 aromatic heterocycles. The molecular formula is C17H24FN3O2. The highest BCUT2D eigenvalue weighted by Crippen LogP contribution is 2.44. The van der Waals surface area contributed by atoms with Crippen molar-refractivity contribution in [2.45, 2.75) is 56.3 Å². The van der Waals surface area contributed by atoms with Crippen molar-refractivity contribution in [2.24, 2.45) is 5.92 Å². The van der Waals surface area contributed by atoms with Crippen LogP contribution in [-0.2, 0) is 9.47 Å². The van der Waals surface area contributed by atoms with E-state index in [0.29, 0.717) is 5.95 Å². The van der Waals surface area contributed by atoms with Crippen molar-refractivity contribution in [3.8, 4) is 0 Å². The maximum atomic E-state index is 13.1. The van der Waals surface area contributed by atoms with E-state index in [4.69, 9.17) is 9.47 Å². The van der Waals surface area contributed by atoms with Crippen LogP contribution in [0.25, 0.3) is 0 Å². The van der Waals surface area contributed by atoms with E-state index in [1.165, 1.54) is 25.2 Å². The lowest BCUT2D eigenvalue weighted by molar-refractivity contribution is -0.0817. The van der Waals surface area contributed by atoms with Gasteiger partial charge in [0.2, 0.25) is 5.95 Å². The molecule has 0 spiro atoms. The van der Waals surface area contributed by atoms with Crippen molar-refractivity contribution in [2.75, 3.05) is 25.2 Å². The van der Waals surface area contributed by atoms with Crippen LogP contribution in [0.3, 0.4) is 0 Å². The number of halogens is 1. The predicted molar refractivity (Wildman–Crippen MR) is 83.8 cm³/mol. The van der Waals surface area contributed by atoms with Gasteiger partial charge < -0.3 is 14.4 Å². The Bertz CT molecular complexity index is 551. The van der Waals surface area contributed by atoms with Gasteiger partial charge >= 0.3 is 0 Å². The van der Waals surface area contributed by atoms with Crippen molar-refractivity contribution < 1.29 is 13.9 Å². The smallest absolute Gasteiger partial charge is 0.225 e. The molecule has 0 N–H and O–H groups in total. The van der Waals surface area contributed by atoms with Crippen molar-refractivity contribution in [3.63, 3.8) is 0 Å². The third kappa shape index (κ3) is 2.94. The van der Waals surface area contributed by atoms with Gasteiger partial charge in [-0.1, -0.05) is 0 Å². The zero-order chi connectivity index (χ0) is 15.9. The lowest BCUT2D eigenvalue weighted by Crippen LogP contribution is -2.52. The Kier molecular flexibility index (Phi) is 3.97. The van der Waals surface area contributed by atoms with Gasteiger partial charge in [0, 0.05) is 20.3 Å². The van der Waals surface area contributed by atoms with Gasteiger partial charge in [0.15, 0.2) is 5.82 Å². The second kappa shape index (κ2) is 5.98. The maximum Gasteiger partial charge on any atom is 0.225 e. The van der Waals surface area contributed by atoms with E-state index >= 15 is 0 Å². The van der Waals surface area contributed by atoms with Crippen LogP contribution in [0.1, 0.15) is 38.5 Å². The third-order valence-electron chi connectivity index (χ3n) is 5.67. The molecule has 1 saturated heterocycles. The molecule has 0 bridgehead atoms. The van der Waals surface area contributed by atoms with Gasteiger partial charge in [-0.15, -0.1) is 0 Å². The first-order chi connectivity index (χ1) is 11.2. The first-order valence-electron chi connectivity index (χ1n) is 8.61. The summed E-state index contributed by atoms with van der Waals surface area (Å²) in [5.41, 5.74) is -0.142. The topological polar surface area (TPSA) is 47.5 Å². The van der Waals surface area contributed by atoms with Gasteiger partial charge in [-0.25, -0.2) is 14.4 Å². The van der Waals surface area contributed by atoms with Gasteiger partial charge in [0.1, 0.15) is 0 Å². The SMILES string of the molecule is CO[C@@]12CC[C@H](OCC3CC3)C[C@@H]1N(c1ncc(F)cn1)CC2. The fourth-order valence-electron chi connectivity index (χ4n) is 4.06. The standard InChI is InChI=1S/C17H24FN3O2/c1-22-17-5-4-14(23-11-12-2-3-12)8-15(17)21(7-6-17)16-19-9-13(18)10-20-16/h9-10,12,14-15H,2-8,11H2,1H3/t14-,15-,17+/m0/s1. The van der Waals surface area contributed by atoms with E-state index in [1.807, 2.05) is 0 Å². The van der Waals surface area contributed by atoms with Crippen LogP contribution in [0.4, 0.5) is 10.3 Å². The number of ether oxygens (including phenoxy) is 2. The highest BCUT2D eigenvalue weighted by atomic mass is 19.1. The minimum atomic E-state index is -0.403. The number of hydrogen-bond acceptors (Lipinski definition) is 5. The van der Waals surface area contributed by atoms with E-state index in [9.17, 15) is 4.39 Å². The molecule has 1 aromatic rings. The largest absolute Gasteiger partial charge is 0.378 e. The third-order valence-corrected chi connectivity index (χ3v) is 5.67. The number of hydrogen-bond donors (Lipinski definition) is 0. The Hall–Kier alpha value is -1.27. The molecule has 3 fully saturated rings. The summed E-state index contributed by atoms with van der Waals surface area (Å²) in [6.07, 6.45) is 9.33. The molecular weight excluding hydrogens is 297 g/mol. The quantitative estimate of drug-likeness (QED) is 0.834. The summed E-state index contributed by atoms with van der Waals surface area (Å²) in [6.45, 7) is 1.74. The molecule has 3 aliphatic rings. The molecule has 0 aromatic carbocycles. The lowest BCUT2D eigenvalue weighted by Gasteiger charge is -2.43. The monoisotopic (exact) mass is 321 g/mol. The Morgan fingerprint density at radius 3 is 2.74 bits per heavy atom. The minimum absolute atomic E-state index is 0.142. The average molecular weight is 321 g/mol. The van der Waals surface area contributed by atoms with Crippen LogP contribution in [0, 0.1) is 11.7 Å². The van der Waals surface area contributed by atoms with E-state index in [1.54, 1.807) is 7.11 Å². The molecule has 0 unspecified atom stereocenters. The molecule has 2 aliphatic carbocycles. The zero-order valence-corrected chi connectivity index (χ0v) is 13.6. The van der Waals surface area contributed by atoms with Gasteiger partial charge in [-0.3, -0.25) is 0 Å². The van der Waals surface area contributed by atoms with Crippen molar-refractivity contribution in [1.29, 1.82) is 0 Å². The van der Waals surface area contributed by atoms with Crippen LogP contribution in [-0.4, -0.2) is 48.0 Å². The molecule has 2 heterocycles.